The maximum atomic E-state index is 11.8. The number of carbonyl (C=O) groups excluding carboxylic acids is 2. The number of amides is 2. The van der Waals surface area contributed by atoms with Gasteiger partial charge in [0.1, 0.15) is 0 Å². The minimum Gasteiger partial charge on any atom is -0.381 e. The van der Waals surface area contributed by atoms with Crippen LogP contribution < -0.4 is 5.32 Å². The summed E-state index contributed by atoms with van der Waals surface area (Å²) in [6.07, 6.45) is 4.02. The molecule has 2 rings (SSSR count). The number of hydrogen-bond acceptors (Lipinski definition) is 3. The van der Waals surface area contributed by atoms with Gasteiger partial charge >= 0.3 is 0 Å². The molecule has 2 heterocycles. The van der Waals surface area contributed by atoms with Crippen molar-refractivity contribution in [2.45, 2.75) is 39.0 Å². The average molecular weight is 225 g/mol. The molecule has 0 aliphatic carbocycles. The third-order valence-corrected chi connectivity index (χ3v) is 3.95. The molecule has 2 amide bonds. The molecule has 0 aromatic carbocycles. The number of imide groups is 1. The van der Waals surface area contributed by atoms with Crippen LogP contribution in [0.2, 0.25) is 0 Å². The van der Waals surface area contributed by atoms with E-state index in [9.17, 15) is 9.59 Å². The number of carbonyl (C=O) groups is 2. The Kier molecular flexibility index (Phi) is 3.28. The first-order chi connectivity index (χ1) is 7.68. The lowest BCUT2D eigenvalue weighted by Crippen LogP contribution is -2.52. The molecular formula is C12H19NO3. The SMILES string of the molecule is CCC1C(=O)NC(=O)CC12CCCOCC2. The van der Waals surface area contributed by atoms with Crippen molar-refractivity contribution in [3.8, 4) is 0 Å². The van der Waals surface area contributed by atoms with Crippen LogP contribution in [0, 0.1) is 11.3 Å². The van der Waals surface area contributed by atoms with Gasteiger partial charge in [-0.3, -0.25) is 14.9 Å². The van der Waals surface area contributed by atoms with E-state index in [0.29, 0.717) is 13.0 Å². The first-order valence-electron chi connectivity index (χ1n) is 6.09. The molecule has 2 saturated heterocycles. The fourth-order valence-corrected chi connectivity index (χ4v) is 3.16. The lowest BCUT2D eigenvalue weighted by Gasteiger charge is -2.41. The van der Waals surface area contributed by atoms with Crippen LogP contribution in [0.5, 0.6) is 0 Å². The molecule has 2 unspecified atom stereocenters. The van der Waals surface area contributed by atoms with Crippen molar-refractivity contribution >= 4 is 11.8 Å². The van der Waals surface area contributed by atoms with Crippen molar-refractivity contribution in [3.05, 3.63) is 0 Å². The van der Waals surface area contributed by atoms with Gasteiger partial charge in [-0.05, 0) is 31.1 Å². The zero-order valence-electron chi connectivity index (χ0n) is 9.75. The standard InChI is InChI=1S/C12H19NO3/c1-2-9-11(15)13-10(14)8-12(9)4-3-6-16-7-5-12/h9H,2-8H2,1H3,(H,13,14,15). The monoisotopic (exact) mass is 225 g/mol. The van der Waals surface area contributed by atoms with Crippen LogP contribution >= 0.6 is 0 Å². The maximum absolute atomic E-state index is 11.8. The highest BCUT2D eigenvalue weighted by Gasteiger charge is 2.47. The summed E-state index contributed by atoms with van der Waals surface area (Å²) in [5.41, 5.74) is -0.134. The van der Waals surface area contributed by atoms with Crippen molar-refractivity contribution in [2.75, 3.05) is 13.2 Å². The second kappa shape index (κ2) is 4.53. The topological polar surface area (TPSA) is 55.4 Å². The molecule has 4 nitrogen and oxygen atoms in total. The molecule has 0 aromatic heterocycles. The van der Waals surface area contributed by atoms with Gasteiger partial charge in [-0.2, -0.15) is 0 Å². The minimum atomic E-state index is -0.134. The predicted molar refractivity (Wildman–Crippen MR) is 58.7 cm³/mol. The first kappa shape index (κ1) is 11.6. The summed E-state index contributed by atoms with van der Waals surface area (Å²) < 4.78 is 5.44. The van der Waals surface area contributed by atoms with E-state index < -0.39 is 0 Å². The number of rotatable bonds is 1. The highest BCUT2D eigenvalue weighted by atomic mass is 16.5. The van der Waals surface area contributed by atoms with Crippen molar-refractivity contribution < 1.29 is 14.3 Å². The van der Waals surface area contributed by atoms with E-state index in [2.05, 4.69) is 5.32 Å². The first-order valence-corrected chi connectivity index (χ1v) is 6.09. The Labute approximate surface area is 95.7 Å². The quantitative estimate of drug-likeness (QED) is 0.683. The highest BCUT2D eigenvalue weighted by molar-refractivity contribution is 5.99. The van der Waals surface area contributed by atoms with Crippen LogP contribution in [-0.4, -0.2) is 25.0 Å². The van der Waals surface area contributed by atoms with E-state index in [-0.39, 0.29) is 23.1 Å². The van der Waals surface area contributed by atoms with E-state index in [1.807, 2.05) is 6.92 Å². The van der Waals surface area contributed by atoms with Crippen molar-refractivity contribution in [2.24, 2.45) is 11.3 Å². The number of nitrogens with one attached hydrogen (secondary N) is 1. The van der Waals surface area contributed by atoms with E-state index in [1.54, 1.807) is 0 Å². The van der Waals surface area contributed by atoms with E-state index in [4.69, 9.17) is 4.74 Å². The summed E-state index contributed by atoms with van der Waals surface area (Å²) in [5.74, 6) is -0.218. The normalized spacial score (nSPS) is 35.9. The van der Waals surface area contributed by atoms with Crippen molar-refractivity contribution in [1.29, 1.82) is 0 Å². The summed E-state index contributed by atoms with van der Waals surface area (Å²) in [5, 5.41) is 2.45. The Morgan fingerprint density at radius 2 is 2.19 bits per heavy atom. The third-order valence-electron chi connectivity index (χ3n) is 3.95. The van der Waals surface area contributed by atoms with E-state index >= 15 is 0 Å². The van der Waals surface area contributed by atoms with Crippen LogP contribution in [0.3, 0.4) is 0 Å². The van der Waals surface area contributed by atoms with Crippen LogP contribution in [0.4, 0.5) is 0 Å². The van der Waals surface area contributed by atoms with Gasteiger partial charge in [0.25, 0.3) is 0 Å². The van der Waals surface area contributed by atoms with Crippen LogP contribution in [0.15, 0.2) is 0 Å². The lowest BCUT2D eigenvalue weighted by molar-refractivity contribution is -0.144. The number of hydrogen-bond donors (Lipinski definition) is 1. The molecule has 0 aromatic rings. The molecule has 2 aliphatic heterocycles. The summed E-state index contributed by atoms with van der Waals surface area (Å²) >= 11 is 0. The molecule has 2 aliphatic rings. The molecule has 2 fully saturated rings. The maximum Gasteiger partial charge on any atom is 0.230 e. The molecule has 0 bridgehead atoms. The third kappa shape index (κ3) is 1.98. The molecule has 2 atom stereocenters. The van der Waals surface area contributed by atoms with Gasteiger partial charge in [-0.25, -0.2) is 0 Å². The Morgan fingerprint density at radius 1 is 1.38 bits per heavy atom. The fourth-order valence-electron chi connectivity index (χ4n) is 3.16. The van der Waals surface area contributed by atoms with Crippen molar-refractivity contribution in [1.82, 2.24) is 5.32 Å². The van der Waals surface area contributed by atoms with Gasteiger partial charge in [0.2, 0.25) is 11.8 Å². The van der Waals surface area contributed by atoms with Gasteiger partial charge in [0.15, 0.2) is 0 Å². The van der Waals surface area contributed by atoms with Crippen LogP contribution in [-0.2, 0) is 14.3 Å². The van der Waals surface area contributed by atoms with Crippen molar-refractivity contribution in [3.63, 3.8) is 0 Å². The second-order valence-electron chi connectivity index (χ2n) is 4.88. The van der Waals surface area contributed by atoms with Gasteiger partial charge in [0.05, 0.1) is 0 Å². The zero-order valence-corrected chi connectivity index (χ0v) is 9.75. The molecule has 1 N–H and O–H groups in total. The fraction of sp³-hybridized carbons (Fsp3) is 0.833. The molecule has 16 heavy (non-hydrogen) atoms. The smallest absolute Gasteiger partial charge is 0.230 e. The van der Waals surface area contributed by atoms with Gasteiger partial charge < -0.3 is 4.74 Å². The van der Waals surface area contributed by atoms with Crippen LogP contribution in [0.25, 0.3) is 0 Å². The zero-order chi connectivity index (χ0) is 11.6. The predicted octanol–water partition coefficient (Wildman–Crippen LogP) is 1.25. The molecule has 4 heteroatoms. The Morgan fingerprint density at radius 3 is 2.94 bits per heavy atom. The Bertz CT molecular complexity index is 293. The Balaban J connectivity index is 2.25. The molecule has 0 saturated carbocycles. The molecule has 0 radical (unpaired) electrons. The number of piperidine rings is 1. The summed E-state index contributed by atoms with van der Waals surface area (Å²) in [7, 11) is 0. The molecule has 90 valence electrons. The summed E-state index contributed by atoms with van der Waals surface area (Å²) in [4.78, 5) is 23.4. The van der Waals surface area contributed by atoms with Gasteiger partial charge in [-0.1, -0.05) is 6.92 Å². The highest BCUT2D eigenvalue weighted by Crippen LogP contribution is 2.45. The minimum absolute atomic E-state index is 0.0214. The largest absolute Gasteiger partial charge is 0.381 e. The lowest BCUT2D eigenvalue weighted by atomic mass is 9.64. The van der Waals surface area contributed by atoms with Gasteiger partial charge in [-0.15, -0.1) is 0 Å². The van der Waals surface area contributed by atoms with E-state index in [1.165, 1.54) is 0 Å². The second-order valence-corrected chi connectivity index (χ2v) is 4.88. The average Bonchev–Trinajstić information content (AvgIpc) is 2.43. The summed E-state index contributed by atoms with van der Waals surface area (Å²) in [6.45, 7) is 3.46. The summed E-state index contributed by atoms with van der Waals surface area (Å²) in [6, 6.07) is 0. The van der Waals surface area contributed by atoms with E-state index in [0.717, 1.165) is 32.3 Å². The van der Waals surface area contributed by atoms with Gasteiger partial charge in [0, 0.05) is 25.6 Å². The molecule has 1 spiro atoms. The molecular weight excluding hydrogens is 206 g/mol. The van der Waals surface area contributed by atoms with Crippen LogP contribution in [0.1, 0.15) is 39.0 Å². The Hall–Kier alpha value is -0.900. The number of ether oxygens (including phenoxy) is 1.